The van der Waals surface area contributed by atoms with Gasteiger partial charge in [0, 0.05) is 26.4 Å². The van der Waals surface area contributed by atoms with Gasteiger partial charge in [0.15, 0.2) is 0 Å². The summed E-state index contributed by atoms with van der Waals surface area (Å²) in [6.45, 7) is 12.4. The molecule has 104 valence electrons. The van der Waals surface area contributed by atoms with Crippen molar-refractivity contribution in [3.63, 3.8) is 0 Å². The van der Waals surface area contributed by atoms with Crippen LogP contribution in [0.2, 0.25) is 0 Å². The topological polar surface area (TPSA) is 32.6 Å². The molecular weight excluding hydrogens is 221 g/mol. The van der Waals surface area contributed by atoms with Gasteiger partial charge in [-0.3, -0.25) is 0 Å². The minimum absolute atomic E-state index is 0. The summed E-state index contributed by atoms with van der Waals surface area (Å²) < 4.78 is 9.89. The third-order valence-corrected chi connectivity index (χ3v) is 2.25. The van der Waals surface area contributed by atoms with Crippen LogP contribution in [0.5, 0.6) is 0 Å². The molecule has 2 rings (SSSR count). The van der Waals surface area contributed by atoms with Crippen molar-refractivity contribution in [2.45, 2.75) is 65.5 Å². The number of hydrogen-bond donors (Lipinski definition) is 0. The summed E-state index contributed by atoms with van der Waals surface area (Å²) in [6.07, 6.45) is 5.11. The molecule has 4 heteroatoms. The van der Waals surface area contributed by atoms with E-state index in [1.807, 2.05) is 0 Å². The van der Waals surface area contributed by atoms with Gasteiger partial charge in [-0.1, -0.05) is 27.7 Å². The van der Waals surface area contributed by atoms with Gasteiger partial charge in [-0.2, -0.15) is 0 Å². The Morgan fingerprint density at radius 3 is 1.00 bits per heavy atom. The molecule has 0 unspecified atom stereocenters. The van der Waals surface area contributed by atoms with E-state index in [0.717, 1.165) is 26.4 Å². The van der Waals surface area contributed by atoms with Crippen LogP contribution in [0.1, 0.15) is 53.4 Å². The van der Waals surface area contributed by atoms with E-state index in [4.69, 9.17) is 9.47 Å². The average molecular weight is 251 g/mol. The van der Waals surface area contributed by atoms with Crippen molar-refractivity contribution in [1.82, 2.24) is 0 Å². The fourth-order valence-electron chi connectivity index (χ4n) is 1.62. The molecule has 0 amide bonds. The summed E-state index contributed by atoms with van der Waals surface area (Å²) in [5, 5.41) is 4.28. The molecule has 0 aromatic rings. The molecule has 18 heavy (non-hydrogen) atoms. The number of rotatable bonds is 2. The van der Waals surface area contributed by atoms with Gasteiger partial charge in [-0.15, -0.1) is 12.1 Å². The molecule has 2 aliphatic rings. The predicted octanol–water partition coefficient (Wildman–Crippen LogP) is 0.775. The molecule has 3 nitrogen and oxygen atoms in total. The van der Waals surface area contributed by atoms with Crippen molar-refractivity contribution in [3.05, 3.63) is 5.32 Å². The van der Waals surface area contributed by atoms with E-state index < -0.39 is 0 Å². The van der Waals surface area contributed by atoms with E-state index in [1.165, 1.54) is 25.7 Å². The molecule has 0 spiro atoms. The molecule has 2 saturated heterocycles. The van der Waals surface area contributed by atoms with Crippen molar-refractivity contribution < 1.29 is 28.3 Å². The summed E-state index contributed by atoms with van der Waals surface area (Å²) in [4.78, 5) is 0. The molecule has 0 saturated carbocycles. The van der Waals surface area contributed by atoms with Gasteiger partial charge in [0.2, 0.25) is 0 Å². The zero-order chi connectivity index (χ0) is 12.9. The molecule has 2 heterocycles. The molecule has 0 bridgehead atoms. The molecule has 2 aliphatic heterocycles. The van der Waals surface area contributed by atoms with Crippen LogP contribution in [-0.2, 0) is 9.47 Å². The van der Waals surface area contributed by atoms with E-state index in [9.17, 15) is 0 Å². The Morgan fingerprint density at radius 1 is 0.667 bits per heavy atom. The first-order valence-corrected chi connectivity index (χ1v) is 6.98. The van der Waals surface area contributed by atoms with Crippen LogP contribution in [-0.4, -0.2) is 38.5 Å². The van der Waals surface area contributed by atoms with Crippen molar-refractivity contribution >= 4 is 0 Å². The fourth-order valence-corrected chi connectivity index (χ4v) is 1.62. The van der Waals surface area contributed by atoms with Crippen LogP contribution in [0.25, 0.3) is 5.32 Å². The Hall–Kier alpha value is 0.477. The quantitative estimate of drug-likeness (QED) is 0.679. The van der Waals surface area contributed by atoms with Crippen LogP contribution in [0.3, 0.4) is 0 Å². The minimum Gasteiger partial charge on any atom is -0.658 e. The van der Waals surface area contributed by atoms with Crippen LogP contribution in [0.4, 0.5) is 0 Å². The van der Waals surface area contributed by atoms with Crippen molar-refractivity contribution in [2.75, 3.05) is 26.4 Å². The summed E-state index contributed by atoms with van der Waals surface area (Å²) in [7, 11) is 0. The van der Waals surface area contributed by atoms with E-state index in [1.54, 1.807) is 0 Å². The van der Waals surface area contributed by atoms with Gasteiger partial charge in [0.1, 0.15) is 0 Å². The Bertz CT molecular complexity index is 116. The molecule has 0 N–H and O–H groups in total. The minimum atomic E-state index is 0. The summed E-state index contributed by atoms with van der Waals surface area (Å²) in [5.41, 5.74) is 0. The maximum atomic E-state index is 4.94. The summed E-state index contributed by atoms with van der Waals surface area (Å²) >= 11 is 0. The van der Waals surface area contributed by atoms with Gasteiger partial charge in [-0.25, -0.2) is 0 Å². The Morgan fingerprint density at radius 2 is 0.944 bits per heavy atom. The smallest absolute Gasteiger partial charge is 0.658 e. The van der Waals surface area contributed by atoms with Crippen LogP contribution >= 0.6 is 0 Å². The molecule has 0 aromatic carbocycles. The van der Waals surface area contributed by atoms with Gasteiger partial charge in [-0.05, 0) is 25.7 Å². The normalized spacial score (nSPS) is 17.7. The second-order valence-electron chi connectivity index (χ2n) is 4.98. The third kappa shape index (κ3) is 18.8. The largest absolute Gasteiger partial charge is 1.00 e. The predicted molar refractivity (Wildman–Crippen MR) is 73.7 cm³/mol. The standard InChI is InChI=1S/C6H14N.2C4H8O.Li/c1-5(2)7-6(3)4;2*1-2-4-5-3-1;/h5-6H,1-4H3;2*1-4H2;/q-1;;;+1. The number of ether oxygens (including phenoxy) is 2. The van der Waals surface area contributed by atoms with Crippen LogP contribution in [0, 0.1) is 0 Å². The van der Waals surface area contributed by atoms with Crippen molar-refractivity contribution in [2.24, 2.45) is 0 Å². The van der Waals surface area contributed by atoms with E-state index >= 15 is 0 Å². The maximum Gasteiger partial charge on any atom is 1.00 e. The monoisotopic (exact) mass is 251 g/mol. The first-order chi connectivity index (χ1) is 8.13. The van der Waals surface area contributed by atoms with Gasteiger partial charge in [0.25, 0.3) is 0 Å². The average Bonchev–Trinajstić information content (AvgIpc) is 2.96. The molecule has 0 atom stereocenters. The van der Waals surface area contributed by atoms with E-state index in [-0.39, 0.29) is 18.9 Å². The Balaban J connectivity index is 0. The Kier molecular flexibility index (Phi) is 17.9. The fraction of sp³-hybridized carbons (Fsp3) is 1.00. The summed E-state index contributed by atoms with van der Waals surface area (Å²) in [5.74, 6) is 0. The molecular formula is C14H30LiNO2. The zero-order valence-electron chi connectivity index (χ0n) is 13.1. The number of hydrogen-bond acceptors (Lipinski definition) is 2. The van der Waals surface area contributed by atoms with E-state index in [2.05, 4.69) is 33.0 Å². The first kappa shape index (κ1) is 20.8. The van der Waals surface area contributed by atoms with E-state index in [0.29, 0.717) is 12.1 Å². The molecule has 0 aromatic heterocycles. The van der Waals surface area contributed by atoms with Crippen LogP contribution in [0.15, 0.2) is 0 Å². The second kappa shape index (κ2) is 15.5. The van der Waals surface area contributed by atoms with Gasteiger partial charge >= 0.3 is 18.9 Å². The molecule has 0 radical (unpaired) electrons. The van der Waals surface area contributed by atoms with Crippen LogP contribution < -0.4 is 18.9 Å². The molecule has 2 fully saturated rings. The SMILES string of the molecule is C1CCOC1.C1CCOC1.CC(C)[N-]C(C)C.[Li+]. The summed E-state index contributed by atoms with van der Waals surface area (Å²) in [6, 6.07) is 1.000. The first-order valence-electron chi connectivity index (χ1n) is 6.98. The maximum absolute atomic E-state index is 4.94. The van der Waals surface area contributed by atoms with Crippen molar-refractivity contribution in [1.29, 1.82) is 0 Å². The second-order valence-corrected chi connectivity index (χ2v) is 4.98. The Labute approximate surface area is 126 Å². The molecule has 0 aliphatic carbocycles. The van der Waals surface area contributed by atoms with Gasteiger partial charge in [0.05, 0.1) is 0 Å². The van der Waals surface area contributed by atoms with Gasteiger partial charge < -0.3 is 14.8 Å². The zero-order valence-corrected chi connectivity index (χ0v) is 13.1. The third-order valence-electron chi connectivity index (χ3n) is 2.25. The number of nitrogens with zero attached hydrogens (tertiary/aromatic N) is 1. The van der Waals surface area contributed by atoms with Crippen molar-refractivity contribution in [3.8, 4) is 0 Å².